The van der Waals surface area contributed by atoms with E-state index in [-0.39, 0.29) is 19.3 Å². The van der Waals surface area contributed by atoms with E-state index in [1.165, 1.54) is 0 Å². The molecule has 0 aromatic heterocycles. The number of hydrogen-bond donors (Lipinski definition) is 4. The van der Waals surface area contributed by atoms with E-state index in [1.54, 1.807) is 0 Å². The monoisotopic (exact) mass is 233 g/mol. The van der Waals surface area contributed by atoms with Gasteiger partial charge >= 0.3 is 0 Å². The highest BCUT2D eigenvalue weighted by Crippen LogP contribution is 2.24. The Morgan fingerprint density at radius 3 is 2.38 bits per heavy atom. The summed E-state index contributed by atoms with van der Waals surface area (Å²) < 4.78 is 0. The first-order chi connectivity index (χ1) is 7.65. The third-order valence-corrected chi connectivity index (χ3v) is 3.36. The molecule has 1 aliphatic rings. The van der Waals surface area contributed by atoms with Gasteiger partial charge in [0.05, 0.1) is 31.5 Å². The molecule has 0 spiro atoms. The van der Waals surface area contributed by atoms with E-state index in [0.29, 0.717) is 6.42 Å². The molecule has 96 valence electrons. The van der Waals surface area contributed by atoms with E-state index >= 15 is 0 Å². The molecule has 1 heterocycles. The van der Waals surface area contributed by atoms with Crippen LogP contribution in [-0.4, -0.2) is 69.4 Å². The van der Waals surface area contributed by atoms with Gasteiger partial charge < -0.3 is 20.4 Å². The Bertz CT molecular complexity index is 202. The van der Waals surface area contributed by atoms with Crippen LogP contribution in [0.15, 0.2) is 0 Å². The lowest BCUT2D eigenvalue weighted by Gasteiger charge is -2.45. The second-order valence-corrected chi connectivity index (χ2v) is 4.47. The fourth-order valence-electron chi connectivity index (χ4n) is 2.36. The lowest BCUT2D eigenvalue weighted by Crippen LogP contribution is -2.61. The molecule has 0 bridgehead atoms. The summed E-state index contributed by atoms with van der Waals surface area (Å²) >= 11 is 0. The van der Waals surface area contributed by atoms with Crippen molar-refractivity contribution >= 4 is 0 Å². The van der Waals surface area contributed by atoms with Crippen LogP contribution in [0.25, 0.3) is 0 Å². The number of aliphatic hydroxyl groups excluding tert-OH is 4. The van der Waals surface area contributed by atoms with Gasteiger partial charge in [0.2, 0.25) is 0 Å². The number of nitrogens with zero attached hydrogens (tertiary/aromatic N) is 1. The van der Waals surface area contributed by atoms with Gasteiger partial charge in [-0.2, -0.15) is 0 Å². The molecule has 4 atom stereocenters. The Hall–Kier alpha value is -0.200. The molecule has 0 saturated carbocycles. The van der Waals surface area contributed by atoms with E-state index < -0.39 is 18.2 Å². The van der Waals surface area contributed by atoms with Gasteiger partial charge in [-0.1, -0.05) is 13.3 Å². The van der Waals surface area contributed by atoms with E-state index in [9.17, 15) is 20.4 Å². The zero-order valence-corrected chi connectivity index (χ0v) is 9.79. The average Bonchev–Trinajstić information content (AvgIpc) is 2.30. The van der Waals surface area contributed by atoms with Crippen LogP contribution in [-0.2, 0) is 0 Å². The van der Waals surface area contributed by atoms with Gasteiger partial charge in [0.25, 0.3) is 0 Å². The molecule has 1 aliphatic heterocycles. The predicted molar refractivity (Wildman–Crippen MR) is 60.0 cm³/mol. The van der Waals surface area contributed by atoms with Gasteiger partial charge in [-0.3, -0.25) is 4.90 Å². The topological polar surface area (TPSA) is 84.2 Å². The number of hydrogen-bond acceptors (Lipinski definition) is 5. The lowest BCUT2D eigenvalue weighted by molar-refractivity contribution is -0.119. The van der Waals surface area contributed by atoms with E-state index in [4.69, 9.17) is 0 Å². The number of likely N-dealkylation sites (tertiary alicyclic amines) is 1. The van der Waals surface area contributed by atoms with Crippen molar-refractivity contribution in [1.29, 1.82) is 0 Å². The standard InChI is InChI=1S/C11H23NO4/c1-2-3-4-12-8(6-13)5-10(15)11(16)9(12)7-14/h8-11,13-16H,2-7H2,1H3/t8-,9+,10+,11+/m0/s1. The zero-order valence-electron chi connectivity index (χ0n) is 9.79. The molecule has 16 heavy (non-hydrogen) atoms. The quantitative estimate of drug-likeness (QED) is 0.486. The Morgan fingerprint density at radius 1 is 1.19 bits per heavy atom. The molecule has 1 saturated heterocycles. The minimum atomic E-state index is -0.926. The van der Waals surface area contributed by atoms with E-state index in [2.05, 4.69) is 6.92 Å². The summed E-state index contributed by atoms with van der Waals surface area (Å²) in [7, 11) is 0. The molecular formula is C11H23NO4. The van der Waals surface area contributed by atoms with Crippen molar-refractivity contribution in [3.8, 4) is 0 Å². The van der Waals surface area contributed by atoms with Gasteiger partial charge in [0.1, 0.15) is 0 Å². The fourth-order valence-corrected chi connectivity index (χ4v) is 2.36. The molecule has 5 heteroatoms. The van der Waals surface area contributed by atoms with Crippen molar-refractivity contribution in [2.45, 2.75) is 50.5 Å². The maximum Gasteiger partial charge on any atom is 0.0976 e. The zero-order chi connectivity index (χ0) is 12.1. The molecule has 0 aliphatic carbocycles. The Kier molecular flexibility index (Phi) is 5.64. The molecule has 0 unspecified atom stereocenters. The molecule has 1 rings (SSSR count). The highest BCUT2D eigenvalue weighted by Gasteiger charge is 2.40. The molecule has 0 radical (unpaired) electrons. The maximum absolute atomic E-state index is 9.79. The Labute approximate surface area is 96.3 Å². The first-order valence-electron chi connectivity index (χ1n) is 5.99. The van der Waals surface area contributed by atoms with Crippen molar-refractivity contribution in [3.63, 3.8) is 0 Å². The minimum Gasteiger partial charge on any atom is -0.395 e. The van der Waals surface area contributed by atoms with Crippen molar-refractivity contribution < 1.29 is 20.4 Å². The summed E-state index contributed by atoms with van der Waals surface area (Å²) in [5.74, 6) is 0. The Balaban J connectivity index is 2.70. The first kappa shape index (κ1) is 13.9. The Morgan fingerprint density at radius 2 is 1.88 bits per heavy atom. The lowest BCUT2D eigenvalue weighted by atomic mass is 9.90. The fraction of sp³-hybridized carbons (Fsp3) is 1.00. The van der Waals surface area contributed by atoms with Gasteiger partial charge in [0.15, 0.2) is 0 Å². The second-order valence-electron chi connectivity index (χ2n) is 4.47. The molecule has 0 aromatic carbocycles. The summed E-state index contributed by atoms with van der Waals surface area (Å²) in [6.45, 7) is 2.55. The maximum atomic E-state index is 9.79. The number of unbranched alkanes of at least 4 members (excludes halogenated alkanes) is 1. The normalized spacial score (nSPS) is 36.6. The summed E-state index contributed by atoms with van der Waals surface area (Å²) in [6.07, 6.45) is 0.552. The molecule has 5 nitrogen and oxygen atoms in total. The molecule has 1 fully saturated rings. The molecule has 4 N–H and O–H groups in total. The highest BCUT2D eigenvalue weighted by molar-refractivity contribution is 4.94. The van der Waals surface area contributed by atoms with Crippen LogP contribution in [0.2, 0.25) is 0 Å². The van der Waals surface area contributed by atoms with Crippen LogP contribution in [0.1, 0.15) is 26.2 Å². The molecular weight excluding hydrogens is 210 g/mol. The van der Waals surface area contributed by atoms with Crippen molar-refractivity contribution in [1.82, 2.24) is 4.90 Å². The second kappa shape index (κ2) is 6.51. The number of rotatable bonds is 5. The van der Waals surface area contributed by atoms with Gasteiger partial charge in [-0.15, -0.1) is 0 Å². The molecule has 0 aromatic rings. The van der Waals surface area contributed by atoms with Gasteiger partial charge in [0, 0.05) is 6.04 Å². The first-order valence-corrected chi connectivity index (χ1v) is 5.99. The predicted octanol–water partition coefficient (Wildman–Crippen LogP) is -1.06. The number of aliphatic hydroxyl groups is 4. The smallest absolute Gasteiger partial charge is 0.0976 e. The third-order valence-electron chi connectivity index (χ3n) is 3.36. The van der Waals surface area contributed by atoms with Crippen molar-refractivity contribution in [3.05, 3.63) is 0 Å². The van der Waals surface area contributed by atoms with Crippen LogP contribution in [0.4, 0.5) is 0 Å². The highest BCUT2D eigenvalue weighted by atomic mass is 16.3. The van der Waals surface area contributed by atoms with Crippen LogP contribution < -0.4 is 0 Å². The molecule has 0 amide bonds. The summed E-state index contributed by atoms with van der Waals surface area (Å²) in [5.41, 5.74) is 0. The third kappa shape index (κ3) is 2.93. The SMILES string of the molecule is CCCCN1[C@H](CO)C[C@@H](O)[C@H](O)[C@H]1CO. The van der Waals surface area contributed by atoms with Gasteiger partial charge in [-0.25, -0.2) is 0 Å². The number of piperidine rings is 1. The van der Waals surface area contributed by atoms with Crippen LogP contribution in [0.3, 0.4) is 0 Å². The van der Waals surface area contributed by atoms with E-state index in [1.807, 2.05) is 4.90 Å². The van der Waals surface area contributed by atoms with Gasteiger partial charge in [-0.05, 0) is 19.4 Å². The largest absolute Gasteiger partial charge is 0.395 e. The average molecular weight is 233 g/mol. The van der Waals surface area contributed by atoms with Crippen LogP contribution in [0.5, 0.6) is 0 Å². The van der Waals surface area contributed by atoms with Crippen LogP contribution in [0, 0.1) is 0 Å². The minimum absolute atomic E-state index is 0.0516. The van der Waals surface area contributed by atoms with Crippen molar-refractivity contribution in [2.24, 2.45) is 0 Å². The summed E-state index contributed by atoms with van der Waals surface area (Å²) in [6, 6.07) is -0.630. The van der Waals surface area contributed by atoms with E-state index in [0.717, 1.165) is 19.4 Å². The summed E-state index contributed by atoms with van der Waals surface area (Å²) in [4.78, 5) is 1.92. The summed E-state index contributed by atoms with van der Waals surface area (Å²) in [5, 5.41) is 37.9. The van der Waals surface area contributed by atoms with Crippen LogP contribution >= 0.6 is 0 Å². The van der Waals surface area contributed by atoms with Crippen molar-refractivity contribution in [2.75, 3.05) is 19.8 Å².